The lowest BCUT2D eigenvalue weighted by Crippen LogP contribution is -2.11. The van der Waals surface area contributed by atoms with Crippen LogP contribution in [0.25, 0.3) is 11.1 Å². The number of oxazole rings is 1. The third-order valence-electron chi connectivity index (χ3n) is 2.29. The molecule has 0 N–H and O–H groups in total. The Morgan fingerprint density at radius 1 is 1.50 bits per heavy atom. The van der Waals surface area contributed by atoms with Gasteiger partial charge < -0.3 is 9.15 Å². The lowest BCUT2D eigenvalue weighted by Gasteiger charge is -2.01. The van der Waals surface area contributed by atoms with Crippen LogP contribution in [-0.4, -0.2) is 17.6 Å². The van der Waals surface area contributed by atoms with Gasteiger partial charge in [-0.05, 0) is 12.1 Å². The predicted octanol–water partition coefficient (Wildman–Crippen LogP) is 1.06. The number of carbonyl (C=O) groups is 1. The van der Waals surface area contributed by atoms with Crippen molar-refractivity contribution in [2.75, 3.05) is 7.11 Å². The molecule has 1 heterocycles. The Kier molecular flexibility index (Phi) is 2.26. The summed E-state index contributed by atoms with van der Waals surface area (Å²) in [6, 6.07) is 2.30. The number of methoxy groups -OCH3 is 1. The van der Waals surface area contributed by atoms with Crippen molar-refractivity contribution in [2.45, 2.75) is 0 Å². The summed E-state index contributed by atoms with van der Waals surface area (Å²) in [7, 11) is 2.59. The number of aryl methyl sites for hydroxylation is 1. The topological polar surface area (TPSA) is 61.4 Å². The van der Waals surface area contributed by atoms with Crippen LogP contribution in [0.3, 0.4) is 0 Å². The lowest BCUT2D eigenvalue weighted by atomic mass is 10.2. The van der Waals surface area contributed by atoms with Crippen LogP contribution in [0.4, 0.5) is 4.39 Å². The monoisotopic (exact) mass is 225 g/mol. The molecule has 6 heteroatoms. The molecule has 0 amide bonds. The number of aromatic nitrogens is 1. The largest absolute Gasteiger partial charge is 0.465 e. The smallest absolute Gasteiger partial charge is 0.419 e. The van der Waals surface area contributed by atoms with Gasteiger partial charge in [-0.2, -0.15) is 0 Å². The van der Waals surface area contributed by atoms with E-state index in [1.165, 1.54) is 20.2 Å². The summed E-state index contributed by atoms with van der Waals surface area (Å²) in [4.78, 5) is 22.6. The highest BCUT2D eigenvalue weighted by Gasteiger charge is 2.19. The first-order valence-electron chi connectivity index (χ1n) is 4.42. The molecular formula is C10H8FNO4. The molecule has 0 saturated carbocycles. The predicted molar refractivity (Wildman–Crippen MR) is 52.8 cm³/mol. The molecule has 0 aliphatic heterocycles. The van der Waals surface area contributed by atoms with Gasteiger partial charge >= 0.3 is 11.7 Å². The summed E-state index contributed by atoms with van der Waals surface area (Å²) >= 11 is 0. The maximum absolute atomic E-state index is 13.3. The van der Waals surface area contributed by atoms with E-state index in [1.807, 2.05) is 0 Å². The average molecular weight is 225 g/mol. The van der Waals surface area contributed by atoms with Gasteiger partial charge in [0.05, 0.1) is 12.7 Å². The minimum Gasteiger partial charge on any atom is -0.465 e. The normalized spacial score (nSPS) is 10.7. The van der Waals surface area contributed by atoms with Crippen LogP contribution in [0.5, 0.6) is 0 Å². The third kappa shape index (κ3) is 1.30. The fourth-order valence-electron chi connectivity index (χ4n) is 1.50. The number of carbonyl (C=O) groups excluding carboxylic acids is 1. The van der Waals surface area contributed by atoms with Gasteiger partial charge in [0.15, 0.2) is 11.4 Å². The van der Waals surface area contributed by atoms with Gasteiger partial charge in [-0.3, -0.25) is 4.57 Å². The minimum atomic E-state index is -0.731. The molecule has 0 unspecified atom stereocenters. The first-order chi connectivity index (χ1) is 7.56. The SMILES string of the molecule is COC(=O)c1ccc(F)c2oc(=O)n(C)c12. The van der Waals surface area contributed by atoms with Crippen molar-refractivity contribution >= 4 is 17.1 Å². The van der Waals surface area contributed by atoms with Crippen molar-refractivity contribution in [1.29, 1.82) is 0 Å². The van der Waals surface area contributed by atoms with Crippen LogP contribution in [0.2, 0.25) is 0 Å². The zero-order valence-electron chi connectivity index (χ0n) is 8.61. The minimum absolute atomic E-state index is 0.0900. The van der Waals surface area contributed by atoms with Gasteiger partial charge in [-0.1, -0.05) is 0 Å². The molecule has 1 aromatic heterocycles. The third-order valence-corrected chi connectivity index (χ3v) is 2.29. The molecule has 2 rings (SSSR count). The van der Waals surface area contributed by atoms with E-state index in [2.05, 4.69) is 9.15 Å². The summed E-state index contributed by atoms with van der Waals surface area (Å²) in [6.45, 7) is 0. The van der Waals surface area contributed by atoms with Gasteiger partial charge in [-0.25, -0.2) is 14.0 Å². The fraction of sp³-hybridized carbons (Fsp3) is 0.200. The molecule has 0 saturated heterocycles. The Balaban J connectivity index is 2.92. The van der Waals surface area contributed by atoms with Gasteiger partial charge in [0, 0.05) is 7.05 Å². The molecule has 0 bridgehead atoms. The summed E-state index contributed by atoms with van der Waals surface area (Å²) < 4.78 is 23.6. The number of hydrogen-bond acceptors (Lipinski definition) is 4. The quantitative estimate of drug-likeness (QED) is 0.681. The van der Waals surface area contributed by atoms with E-state index in [9.17, 15) is 14.0 Å². The number of ether oxygens (including phenoxy) is 1. The van der Waals surface area contributed by atoms with Crippen LogP contribution in [0, 0.1) is 5.82 Å². The standard InChI is InChI=1S/C10H8FNO4/c1-12-7-5(9(13)15-2)3-4-6(11)8(7)16-10(12)14/h3-4H,1-2H3. The zero-order chi connectivity index (χ0) is 11.9. The number of benzene rings is 1. The maximum Gasteiger partial charge on any atom is 0.419 e. The number of nitrogens with zero attached hydrogens (tertiary/aromatic N) is 1. The Morgan fingerprint density at radius 3 is 2.81 bits per heavy atom. The van der Waals surface area contributed by atoms with E-state index in [0.29, 0.717) is 0 Å². The van der Waals surface area contributed by atoms with Crippen LogP contribution >= 0.6 is 0 Å². The molecule has 16 heavy (non-hydrogen) atoms. The highest BCUT2D eigenvalue weighted by Crippen LogP contribution is 2.21. The molecule has 0 spiro atoms. The highest BCUT2D eigenvalue weighted by molar-refractivity contribution is 6.01. The molecule has 2 aromatic rings. The average Bonchev–Trinajstić information content (AvgIpc) is 2.57. The van der Waals surface area contributed by atoms with E-state index < -0.39 is 17.5 Å². The maximum atomic E-state index is 13.3. The Bertz CT molecular complexity index is 626. The second kappa shape index (κ2) is 3.48. The molecule has 0 aliphatic rings. The van der Waals surface area contributed by atoms with E-state index in [0.717, 1.165) is 10.6 Å². The van der Waals surface area contributed by atoms with Crippen LogP contribution < -0.4 is 5.76 Å². The van der Waals surface area contributed by atoms with Crippen LogP contribution in [0.15, 0.2) is 21.3 Å². The Labute approximate surface area is 89.0 Å². The van der Waals surface area contributed by atoms with Crippen molar-refractivity contribution in [1.82, 2.24) is 4.57 Å². The van der Waals surface area contributed by atoms with E-state index >= 15 is 0 Å². The summed E-state index contributed by atoms with van der Waals surface area (Å²) in [6.07, 6.45) is 0. The molecule has 0 fully saturated rings. The zero-order valence-corrected chi connectivity index (χ0v) is 8.61. The fourth-order valence-corrected chi connectivity index (χ4v) is 1.50. The molecule has 1 aromatic carbocycles. The molecular weight excluding hydrogens is 217 g/mol. The van der Waals surface area contributed by atoms with Gasteiger partial charge in [0.2, 0.25) is 0 Å². The van der Waals surface area contributed by atoms with Gasteiger partial charge in [0.25, 0.3) is 0 Å². The van der Waals surface area contributed by atoms with Crippen molar-refractivity contribution < 1.29 is 18.3 Å². The Morgan fingerprint density at radius 2 is 2.19 bits per heavy atom. The molecule has 0 radical (unpaired) electrons. The second-order valence-electron chi connectivity index (χ2n) is 3.19. The van der Waals surface area contributed by atoms with Gasteiger partial charge in [-0.15, -0.1) is 0 Å². The first kappa shape index (κ1) is 10.4. The van der Waals surface area contributed by atoms with Gasteiger partial charge in [0.1, 0.15) is 5.52 Å². The second-order valence-corrected chi connectivity index (χ2v) is 3.19. The number of fused-ring (bicyclic) bond motifs is 1. The van der Waals surface area contributed by atoms with Crippen LogP contribution in [0.1, 0.15) is 10.4 Å². The van der Waals surface area contributed by atoms with Crippen molar-refractivity contribution in [3.8, 4) is 0 Å². The first-order valence-corrected chi connectivity index (χ1v) is 4.42. The van der Waals surface area contributed by atoms with Crippen molar-refractivity contribution in [2.24, 2.45) is 7.05 Å². The van der Waals surface area contributed by atoms with E-state index in [4.69, 9.17) is 0 Å². The summed E-state index contributed by atoms with van der Waals surface area (Å²) in [5.41, 5.74) is -0.0560. The van der Waals surface area contributed by atoms with E-state index in [-0.39, 0.29) is 16.7 Å². The highest BCUT2D eigenvalue weighted by atomic mass is 19.1. The lowest BCUT2D eigenvalue weighted by molar-refractivity contribution is 0.0602. The number of esters is 1. The van der Waals surface area contributed by atoms with Crippen LogP contribution in [-0.2, 0) is 11.8 Å². The number of rotatable bonds is 1. The number of hydrogen-bond donors (Lipinski definition) is 0. The molecule has 0 atom stereocenters. The molecule has 0 aliphatic carbocycles. The molecule has 5 nitrogen and oxygen atoms in total. The summed E-state index contributed by atoms with van der Waals surface area (Å²) in [5, 5.41) is 0. The van der Waals surface area contributed by atoms with E-state index in [1.54, 1.807) is 0 Å². The van der Waals surface area contributed by atoms with Crippen molar-refractivity contribution in [3.05, 3.63) is 34.1 Å². The summed E-state index contributed by atoms with van der Waals surface area (Å²) in [5.74, 6) is -2.08. The Hall–Kier alpha value is -2.11. The number of halogens is 1. The molecule has 84 valence electrons. The van der Waals surface area contributed by atoms with Crippen molar-refractivity contribution in [3.63, 3.8) is 0 Å².